The summed E-state index contributed by atoms with van der Waals surface area (Å²) >= 11 is 0. The number of esters is 1. The minimum Gasteiger partial charge on any atom is -0.468 e. The second kappa shape index (κ2) is 12.1. The van der Waals surface area contributed by atoms with Gasteiger partial charge in [-0.1, -0.05) is 30.3 Å². The molecule has 3 heterocycles. The zero-order chi connectivity index (χ0) is 33.0. The molecule has 0 saturated carbocycles. The highest BCUT2D eigenvalue weighted by Crippen LogP contribution is 2.39. The fourth-order valence-electron chi connectivity index (χ4n) is 6.41. The van der Waals surface area contributed by atoms with Crippen molar-refractivity contribution in [2.45, 2.75) is 84.8 Å². The lowest BCUT2D eigenvalue weighted by molar-refractivity contribution is -0.146. The predicted octanol–water partition coefficient (Wildman–Crippen LogP) is 6.82. The van der Waals surface area contributed by atoms with E-state index in [0.717, 1.165) is 39.7 Å². The van der Waals surface area contributed by atoms with Gasteiger partial charge in [-0.15, -0.1) is 0 Å². The molecular weight excluding hydrogens is 593 g/mol. The van der Waals surface area contributed by atoms with Gasteiger partial charge in [-0.3, -0.25) is 9.69 Å². The molecule has 0 radical (unpaired) electrons. The molecule has 8 nitrogen and oxygen atoms in total. The summed E-state index contributed by atoms with van der Waals surface area (Å²) in [6.07, 6.45) is 1.44. The number of carbonyl (C=O) groups is 1. The quantitative estimate of drug-likeness (QED) is 0.155. The van der Waals surface area contributed by atoms with Crippen LogP contribution in [0.2, 0.25) is 0 Å². The smallest absolute Gasteiger partial charge is 0.468 e. The summed E-state index contributed by atoms with van der Waals surface area (Å²) in [5.74, 6) is 0.00920. The minimum absolute atomic E-state index is 0.0127. The molecule has 242 valence electrons. The van der Waals surface area contributed by atoms with Crippen LogP contribution in [0, 0.1) is 13.8 Å². The minimum atomic E-state index is -3.02. The Bertz CT molecular complexity index is 1770. The van der Waals surface area contributed by atoms with Crippen molar-refractivity contribution >= 4 is 29.7 Å². The Labute approximate surface area is 268 Å². The topological polar surface area (TPSA) is 83.3 Å². The Morgan fingerprint density at radius 3 is 2.35 bits per heavy atom. The van der Waals surface area contributed by atoms with Crippen LogP contribution in [0.5, 0.6) is 5.75 Å². The van der Waals surface area contributed by atoms with Crippen LogP contribution in [-0.4, -0.2) is 60.5 Å². The van der Waals surface area contributed by atoms with Gasteiger partial charge >= 0.3 is 19.7 Å². The van der Waals surface area contributed by atoms with Gasteiger partial charge in [0.1, 0.15) is 17.3 Å². The average molecular weight is 633 g/mol. The third-order valence-corrected chi connectivity index (χ3v) is 9.73. The van der Waals surface area contributed by atoms with Crippen LogP contribution >= 0.6 is 0 Å². The van der Waals surface area contributed by atoms with Gasteiger partial charge in [0.2, 0.25) is 5.89 Å². The Hall–Kier alpha value is -3.80. The number of hydrogen-bond donors (Lipinski definition) is 0. The molecule has 0 amide bonds. The number of likely N-dealkylation sites (tertiary alicyclic amines) is 1. The number of halogens is 2. The number of rotatable bonds is 8. The Balaban J connectivity index is 1.36. The number of alkyl halides is 2. The van der Waals surface area contributed by atoms with Gasteiger partial charge in [0.05, 0.1) is 18.3 Å². The molecule has 46 heavy (non-hydrogen) atoms. The summed E-state index contributed by atoms with van der Waals surface area (Å²) in [6, 6.07) is 14.8. The van der Waals surface area contributed by atoms with Gasteiger partial charge in [-0.05, 0) is 101 Å². The van der Waals surface area contributed by atoms with E-state index in [0.29, 0.717) is 35.5 Å². The third kappa shape index (κ3) is 5.80. The molecule has 6 rings (SSSR count). The van der Waals surface area contributed by atoms with Crippen molar-refractivity contribution in [2.24, 2.45) is 0 Å². The molecule has 3 aromatic carbocycles. The highest BCUT2D eigenvalue weighted by atomic mass is 19.3. The summed E-state index contributed by atoms with van der Waals surface area (Å²) < 4.78 is 55.7. The lowest BCUT2D eigenvalue weighted by Crippen LogP contribution is -2.41. The molecule has 4 aromatic rings. The van der Waals surface area contributed by atoms with E-state index in [1.54, 1.807) is 6.07 Å². The number of oxazole rings is 1. The first-order chi connectivity index (χ1) is 21.8. The van der Waals surface area contributed by atoms with Crippen LogP contribution in [0.25, 0.3) is 33.7 Å². The summed E-state index contributed by atoms with van der Waals surface area (Å²) in [7, 11) is 0.856. The molecule has 0 spiro atoms. The molecular formula is C35H39BF2N2O6. The first kappa shape index (κ1) is 32.2. The molecule has 2 aliphatic rings. The second-order valence-electron chi connectivity index (χ2n) is 13.1. The number of fused-ring (bicyclic) bond motifs is 1. The van der Waals surface area contributed by atoms with Crippen LogP contribution in [0.4, 0.5) is 8.78 Å². The third-order valence-electron chi connectivity index (χ3n) is 9.73. The van der Waals surface area contributed by atoms with Gasteiger partial charge in [0, 0.05) is 23.7 Å². The van der Waals surface area contributed by atoms with Crippen LogP contribution in [0.15, 0.2) is 52.9 Å². The maximum Gasteiger partial charge on any atom is 0.495 e. The SMILES string of the molecule is COC(=O)[C@@H]1CCCN1Cc1cc2nc(-c3cccc(-c4cccc(B5OC(C)(C)C(C)(C)O5)c4C)c3C)oc2cc1OC(F)F. The molecule has 0 bridgehead atoms. The van der Waals surface area contributed by atoms with Crippen molar-refractivity contribution in [1.29, 1.82) is 0 Å². The van der Waals surface area contributed by atoms with Gasteiger partial charge in [-0.25, -0.2) is 4.98 Å². The van der Waals surface area contributed by atoms with E-state index < -0.39 is 31.0 Å². The number of aromatic nitrogens is 1. The highest BCUT2D eigenvalue weighted by Gasteiger charge is 2.52. The summed E-state index contributed by atoms with van der Waals surface area (Å²) in [5.41, 5.74) is 6.17. The molecule has 0 N–H and O–H groups in total. The molecule has 1 atom stereocenters. The van der Waals surface area contributed by atoms with Crippen molar-refractivity contribution in [1.82, 2.24) is 9.88 Å². The standard InChI is InChI=1S/C35H39BF2N2O6/c1-20-23(24-12-9-14-26(21(24)2)36-45-34(3,4)35(5,6)46-36)11-8-13-25(20)31-39-27-17-22(29(44-33(37)38)18-30(27)43-31)19-40-16-10-15-28(40)32(41)42-7/h8-9,11-14,17-18,28,33H,10,15-16,19H2,1-7H3/t28-/m0/s1. The molecule has 11 heteroatoms. The van der Waals surface area contributed by atoms with E-state index >= 15 is 0 Å². The molecule has 0 aliphatic carbocycles. The van der Waals surface area contributed by atoms with Crippen LogP contribution in [-0.2, 0) is 25.4 Å². The first-order valence-corrected chi connectivity index (χ1v) is 15.6. The summed E-state index contributed by atoms with van der Waals surface area (Å²) in [4.78, 5) is 19.0. The Kier molecular flexibility index (Phi) is 8.46. The maximum absolute atomic E-state index is 13.5. The summed E-state index contributed by atoms with van der Waals surface area (Å²) in [6.45, 7) is 10.1. The maximum atomic E-state index is 13.5. The van der Waals surface area contributed by atoms with E-state index in [1.807, 2.05) is 63.8 Å². The fraction of sp³-hybridized carbons (Fsp3) is 0.429. The lowest BCUT2D eigenvalue weighted by Gasteiger charge is -2.32. The number of hydrogen-bond acceptors (Lipinski definition) is 8. The van der Waals surface area contributed by atoms with E-state index in [9.17, 15) is 13.6 Å². The van der Waals surface area contributed by atoms with Crippen molar-refractivity contribution < 1.29 is 36.8 Å². The van der Waals surface area contributed by atoms with Crippen LogP contribution < -0.4 is 10.2 Å². The monoisotopic (exact) mass is 632 g/mol. The van der Waals surface area contributed by atoms with Crippen molar-refractivity contribution in [2.75, 3.05) is 13.7 Å². The van der Waals surface area contributed by atoms with Gasteiger partial charge in [0.25, 0.3) is 0 Å². The highest BCUT2D eigenvalue weighted by molar-refractivity contribution is 6.62. The number of benzene rings is 3. The zero-order valence-corrected chi connectivity index (χ0v) is 27.3. The van der Waals surface area contributed by atoms with Crippen molar-refractivity contribution in [3.63, 3.8) is 0 Å². The number of nitrogens with zero attached hydrogens (tertiary/aromatic N) is 2. The normalized spacial score (nSPS) is 19.3. The molecule has 0 unspecified atom stereocenters. The van der Waals surface area contributed by atoms with E-state index in [-0.39, 0.29) is 18.3 Å². The molecule has 2 fully saturated rings. The van der Waals surface area contributed by atoms with Gasteiger partial charge in [-0.2, -0.15) is 8.78 Å². The summed E-state index contributed by atoms with van der Waals surface area (Å²) in [5, 5.41) is 0. The number of methoxy groups -OCH3 is 1. The van der Waals surface area contributed by atoms with Crippen LogP contribution in [0.3, 0.4) is 0 Å². The molecule has 2 aliphatic heterocycles. The Morgan fingerprint density at radius 1 is 1.02 bits per heavy atom. The first-order valence-electron chi connectivity index (χ1n) is 15.6. The van der Waals surface area contributed by atoms with Gasteiger partial charge in [0.15, 0.2) is 5.58 Å². The van der Waals surface area contributed by atoms with Crippen molar-refractivity contribution in [3.8, 4) is 28.3 Å². The zero-order valence-electron chi connectivity index (χ0n) is 27.3. The van der Waals surface area contributed by atoms with Crippen LogP contribution in [0.1, 0.15) is 57.2 Å². The predicted molar refractivity (Wildman–Crippen MR) is 172 cm³/mol. The average Bonchev–Trinajstić information content (AvgIpc) is 3.68. The van der Waals surface area contributed by atoms with E-state index in [2.05, 4.69) is 19.1 Å². The molecule has 1 aromatic heterocycles. The molecule has 2 saturated heterocycles. The largest absolute Gasteiger partial charge is 0.495 e. The van der Waals surface area contributed by atoms with E-state index in [4.69, 9.17) is 28.2 Å². The van der Waals surface area contributed by atoms with Gasteiger partial charge < -0.3 is 23.2 Å². The Morgan fingerprint density at radius 2 is 1.67 bits per heavy atom. The number of carbonyl (C=O) groups excluding carboxylic acids is 1. The number of ether oxygens (including phenoxy) is 2. The van der Waals surface area contributed by atoms with Crippen molar-refractivity contribution in [3.05, 3.63) is 65.2 Å². The fourth-order valence-corrected chi connectivity index (χ4v) is 6.41. The lowest BCUT2D eigenvalue weighted by atomic mass is 9.74. The second-order valence-corrected chi connectivity index (χ2v) is 13.1. The van der Waals surface area contributed by atoms with E-state index in [1.165, 1.54) is 13.2 Å².